The third-order valence-corrected chi connectivity index (χ3v) is 4.37. The first-order valence-corrected chi connectivity index (χ1v) is 7.15. The van der Waals surface area contributed by atoms with Gasteiger partial charge in [-0.2, -0.15) is 0 Å². The molecule has 0 bridgehead atoms. The van der Waals surface area contributed by atoms with Gasteiger partial charge in [0.15, 0.2) is 0 Å². The zero-order valence-electron chi connectivity index (χ0n) is 11.0. The summed E-state index contributed by atoms with van der Waals surface area (Å²) in [6, 6.07) is 4.16. The van der Waals surface area contributed by atoms with Crippen molar-refractivity contribution < 1.29 is 8.78 Å². The number of piperazine rings is 1. The van der Waals surface area contributed by atoms with Gasteiger partial charge in [0.1, 0.15) is 11.6 Å². The Balaban J connectivity index is 1.88. The van der Waals surface area contributed by atoms with Gasteiger partial charge in [0, 0.05) is 38.3 Å². The fourth-order valence-corrected chi connectivity index (χ4v) is 3.24. The Hall–Kier alpha value is -1.00. The minimum Gasteiger partial charge on any atom is -0.314 e. The summed E-state index contributed by atoms with van der Waals surface area (Å²) in [5.41, 5.74) is 0.809. The number of hydrogen-bond donors (Lipinski definition) is 1. The minimum absolute atomic E-state index is 0.182. The summed E-state index contributed by atoms with van der Waals surface area (Å²) in [4.78, 5) is 2.38. The number of rotatable bonds is 3. The molecule has 1 saturated heterocycles. The molecule has 0 radical (unpaired) electrons. The van der Waals surface area contributed by atoms with Crippen molar-refractivity contribution in [2.75, 3.05) is 26.2 Å². The third-order valence-electron chi connectivity index (χ3n) is 4.37. The lowest BCUT2D eigenvalue weighted by atomic mass is 9.76. The van der Waals surface area contributed by atoms with Crippen LogP contribution in [0.4, 0.5) is 8.78 Å². The second-order valence-corrected chi connectivity index (χ2v) is 5.62. The maximum Gasteiger partial charge on any atom is 0.126 e. The Morgan fingerprint density at radius 1 is 1.05 bits per heavy atom. The standard InChI is InChI=1S/C15H20F2N2/c16-13-8-12(9-14(17)10-13)15(11-2-1-3-11)19-6-4-18-5-7-19/h8-11,15,18H,1-7H2/t15-/m1/s1. The summed E-state index contributed by atoms with van der Waals surface area (Å²) < 4.78 is 26.9. The van der Waals surface area contributed by atoms with E-state index in [0.29, 0.717) is 5.92 Å². The third kappa shape index (κ3) is 2.79. The molecule has 1 aliphatic heterocycles. The lowest BCUT2D eigenvalue weighted by Gasteiger charge is -2.43. The van der Waals surface area contributed by atoms with Crippen LogP contribution >= 0.6 is 0 Å². The van der Waals surface area contributed by atoms with Gasteiger partial charge in [-0.15, -0.1) is 0 Å². The summed E-state index contributed by atoms with van der Waals surface area (Å²) in [7, 11) is 0. The van der Waals surface area contributed by atoms with E-state index in [1.807, 2.05) is 0 Å². The quantitative estimate of drug-likeness (QED) is 0.905. The molecule has 2 nitrogen and oxygen atoms in total. The van der Waals surface area contributed by atoms with Crippen molar-refractivity contribution in [3.63, 3.8) is 0 Å². The largest absolute Gasteiger partial charge is 0.314 e. The van der Waals surface area contributed by atoms with Crippen molar-refractivity contribution >= 4 is 0 Å². The molecular formula is C15H20F2N2. The molecule has 1 aromatic rings. The molecule has 0 unspecified atom stereocenters. The van der Waals surface area contributed by atoms with E-state index in [1.165, 1.54) is 31.4 Å². The predicted octanol–water partition coefficient (Wildman–Crippen LogP) is 2.71. The monoisotopic (exact) mass is 266 g/mol. The molecule has 0 amide bonds. The highest BCUT2D eigenvalue weighted by molar-refractivity contribution is 5.23. The van der Waals surface area contributed by atoms with Crippen LogP contribution in [0.2, 0.25) is 0 Å². The lowest BCUT2D eigenvalue weighted by Crippen LogP contribution is -2.47. The molecule has 1 N–H and O–H groups in total. The van der Waals surface area contributed by atoms with Crippen molar-refractivity contribution in [3.8, 4) is 0 Å². The van der Waals surface area contributed by atoms with E-state index in [9.17, 15) is 8.78 Å². The van der Waals surface area contributed by atoms with E-state index in [4.69, 9.17) is 0 Å². The normalized spacial score (nSPS) is 23.1. The number of hydrogen-bond acceptors (Lipinski definition) is 2. The predicted molar refractivity (Wildman–Crippen MR) is 70.9 cm³/mol. The summed E-state index contributed by atoms with van der Waals surface area (Å²) in [5, 5.41) is 3.33. The number of benzene rings is 1. The van der Waals surface area contributed by atoms with Gasteiger partial charge in [-0.25, -0.2) is 8.78 Å². The molecule has 1 heterocycles. The van der Waals surface area contributed by atoms with Crippen LogP contribution in [0.5, 0.6) is 0 Å². The second kappa shape index (κ2) is 5.55. The molecule has 0 spiro atoms. The van der Waals surface area contributed by atoms with Crippen molar-refractivity contribution in [3.05, 3.63) is 35.4 Å². The van der Waals surface area contributed by atoms with Gasteiger partial charge in [-0.05, 0) is 36.5 Å². The molecule has 2 fully saturated rings. The van der Waals surface area contributed by atoms with Crippen molar-refractivity contribution in [2.24, 2.45) is 5.92 Å². The van der Waals surface area contributed by atoms with Gasteiger partial charge in [0.05, 0.1) is 0 Å². The van der Waals surface area contributed by atoms with E-state index in [1.54, 1.807) is 0 Å². The topological polar surface area (TPSA) is 15.3 Å². The van der Waals surface area contributed by atoms with Gasteiger partial charge in [-0.3, -0.25) is 4.90 Å². The summed E-state index contributed by atoms with van der Waals surface area (Å²) in [6.07, 6.45) is 3.59. The minimum atomic E-state index is -0.463. The fraction of sp³-hybridized carbons (Fsp3) is 0.600. The molecular weight excluding hydrogens is 246 g/mol. The first kappa shape index (κ1) is 13.0. The van der Waals surface area contributed by atoms with Gasteiger partial charge < -0.3 is 5.32 Å². The fourth-order valence-electron chi connectivity index (χ4n) is 3.24. The van der Waals surface area contributed by atoms with Crippen molar-refractivity contribution in [2.45, 2.75) is 25.3 Å². The zero-order chi connectivity index (χ0) is 13.2. The highest BCUT2D eigenvalue weighted by atomic mass is 19.1. The Bertz CT molecular complexity index is 420. The first-order chi connectivity index (χ1) is 9.24. The van der Waals surface area contributed by atoms with Gasteiger partial charge >= 0.3 is 0 Å². The Labute approximate surface area is 112 Å². The summed E-state index contributed by atoms with van der Waals surface area (Å²) in [6.45, 7) is 3.83. The molecule has 1 atom stereocenters. The number of halogens is 2. The molecule has 104 valence electrons. The first-order valence-electron chi connectivity index (χ1n) is 7.15. The van der Waals surface area contributed by atoms with Gasteiger partial charge in [-0.1, -0.05) is 6.42 Å². The molecule has 4 heteroatoms. The Morgan fingerprint density at radius 3 is 2.21 bits per heavy atom. The number of nitrogens with one attached hydrogen (secondary N) is 1. The molecule has 1 aromatic carbocycles. The molecule has 3 rings (SSSR count). The van der Waals surface area contributed by atoms with Gasteiger partial charge in [0.2, 0.25) is 0 Å². The second-order valence-electron chi connectivity index (χ2n) is 5.62. The Kier molecular flexibility index (Phi) is 3.80. The highest BCUT2D eigenvalue weighted by Crippen LogP contribution is 2.41. The molecule has 1 aliphatic carbocycles. The van der Waals surface area contributed by atoms with Crippen molar-refractivity contribution in [1.82, 2.24) is 10.2 Å². The lowest BCUT2D eigenvalue weighted by molar-refractivity contribution is 0.0833. The molecule has 0 aromatic heterocycles. The summed E-state index contributed by atoms with van der Waals surface area (Å²) >= 11 is 0. The van der Waals surface area contributed by atoms with Crippen LogP contribution in [-0.4, -0.2) is 31.1 Å². The van der Waals surface area contributed by atoms with Gasteiger partial charge in [0.25, 0.3) is 0 Å². The van der Waals surface area contributed by atoms with Crippen LogP contribution in [0.15, 0.2) is 18.2 Å². The zero-order valence-corrected chi connectivity index (χ0v) is 11.0. The maximum absolute atomic E-state index is 13.5. The van der Waals surface area contributed by atoms with Crippen molar-refractivity contribution in [1.29, 1.82) is 0 Å². The molecule has 1 saturated carbocycles. The van der Waals surface area contributed by atoms with Crippen LogP contribution < -0.4 is 5.32 Å². The van der Waals surface area contributed by atoms with E-state index in [2.05, 4.69) is 10.2 Å². The molecule has 19 heavy (non-hydrogen) atoms. The Morgan fingerprint density at radius 2 is 1.68 bits per heavy atom. The van der Waals surface area contributed by atoms with Crippen LogP contribution in [-0.2, 0) is 0 Å². The smallest absolute Gasteiger partial charge is 0.126 e. The number of nitrogens with zero attached hydrogens (tertiary/aromatic N) is 1. The van der Waals surface area contributed by atoms with Crippen LogP contribution in [0.3, 0.4) is 0 Å². The van der Waals surface area contributed by atoms with Crippen LogP contribution in [0.25, 0.3) is 0 Å². The average Bonchev–Trinajstić information content (AvgIpc) is 2.33. The van der Waals surface area contributed by atoms with E-state index in [0.717, 1.165) is 37.8 Å². The highest BCUT2D eigenvalue weighted by Gasteiger charge is 2.33. The maximum atomic E-state index is 13.5. The van der Waals surface area contributed by atoms with Crippen LogP contribution in [0, 0.1) is 17.6 Å². The van der Waals surface area contributed by atoms with Crippen LogP contribution in [0.1, 0.15) is 30.9 Å². The SMILES string of the molecule is Fc1cc(F)cc([C@@H](C2CCC2)N2CCNCC2)c1. The molecule has 2 aliphatic rings. The summed E-state index contributed by atoms with van der Waals surface area (Å²) in [5.74, 6) is -0.372. The van der Waals surface area contributed by atoms with E-state index < -0.39 is 11.6 Å². The van der Waals surface area contributed by atoms with E-state index >= 15 is 0 Å². The van der Waals surface area contributed by atoms with E-state index in [-0.39, 0.29) is 6.04 Å². The average molecular weight is 266 g/mol.